The molecule has 0 unspecified atom stereocenters. The second kappa shape index (κ2) is 9.21. The number of amides is 1. The number of benzene rings is 3. The van der Waals surface area contributed by atoms with Crippen LogP contribution in [0.5, 0.6) is 17.2 Å². The molecule has 0 saturated carbocycles. The van der Waals surface area contributed by atoms with E-state index in [1.165, 1.54) is 41.7 Å². The number of halogens is 1. The first-order chi connectivity index (χ1) is 15.8. The van der Waals surface area contributed by atoms with Gasteiger partial charge in [-0.3, -0.25) is 9.10 Å². The quantitative estimate of drug-likeness (QED) is 0.524. The summed E-state index contributed by atoms with van der Waals surface area (Å²) in [5, 5.41) is 2.94. The number of carbonyl (C=O) groups excluding carboxylic acids is 1. The van der Waals surface area contributed by atoms with Crippen LogP contribution < -0.4 is 23.8 Å². The Bertz CT molecular complexity index is 1300. The molecule has 10 heteroatoms. The van der Waals surface area contributed by atoms with Crippen LogP contribution in [0.1, 0.15) is 17.3 Å². The van der Waals surface area contributed by atoms with Crippen molar-refractivity contribution in [2.75, 3.05) is 30.1 Å². The number of sulfonamides is 1. The molecular weight excluding hydrogens is 468 g/mol. The second-order valence-electron chi connectivity index (χ2n) is 7.01. The van der Waals surface area contributed by atoms with E-state index in [4.69, 9.17) is 25.8 Å². The van der Waals surface area contributed by atoms with Crippen molar-refractivity contribution in [1.29, 1.82) is 0 Å². The van der Waals surface area contributed by atoms with E-state index in [1.54, 1.807) is 31.2 Å². The fourth-order valence-electron chi connectivity index (χ4n) is 3.45. The number of methoxy groups -OCH3 is 1. The number of nitrogens with one attached hydrogen (secondary N) is 1. The molecule has 172 valence electrons. The zero-order chi connectivity index (χ0) is 23.6. The summed E-state index contributed by atoms with van der Waals surface area (Å²) >= 11 is 6.18. The van der Waals surface area contributed by atoms with Crippen LogP contribution in [0.15, 0.2) is 65.6 Å². The predicted molar refractivity (Wildman–Crippen MR) is 125 cm³/mol. The van der Waals surface area contributed by atoms with Gasteiger partial charge < -0.3 is 19.5 Å². The lowest BCUT2D eigenvalue weighted by atomic mass is 10.1. The minimum atomic E-state index is -3.90. The standard InChI is InChI=1S/C23H21ClN2O6S/c1-3-26(16-7-5-4-6-8-16)33(28,29)17-9-10-20(30-2)19(13-17)25-23(27)15-11-18(24)22-21(12-15)31-14-32-22/h4-13H,3,14H2,1-2H3,(H,25,27). The van der Waals surface area contributed by atoms with Crippen molar-refractivity contribution in [3.05, 3.63) is 71.2 Å². The molecule has 0 radical (unpaired) electrons. The number of nitrogens with zero attached hydrogens (tertiary/aromatic N) is 1. The normalized spacial score (nSPS) is 12.3. The lowest BCUT2D eigenvalue weighted by molar-refractivity contribution is 0.102. The van der Waals surface area contributed by atoms with Crippen LogP contribution in [0.25, 0.3) is 0 Å². The Morgan fingerprint density at radius 2 is 1.88 bits per heavy atom. The highest BCUT2D eigenvalue weighted by Gasteiger charge is 2.26. The van der Waals surface area contributed by atoms with Gasteiger partial charge in [0.05, 0.1) is 28.4 Å². The van der Waals surface area contributed by atoms with Gasteiger partial charge in [-0.15, -0.1) is 0 Å². The summed E-state index contributed by atoms with van der Waals surface area (Å²) in [5.74, 6) is 0.521. The Kier molecular flexibility index (Phi) is 6.35. The first-order valence-corrected chi connectivity index (χ1v) is 11.8. The van der Waals surface area contributed by atoms with E-state index in [0.29, 0.717) is 22.9 Å². The van der Waals surface area contributed by atoms with Gasteiger partial charge in [-0.1, -0.05) is 29.8 Å². The van der Waals surface area contributed by atoms with Gasteiger partial charge in [0.2, 0.25) is 6.79 Å². The Hall–Kier alpha value is -3.43. The van der Waals surface area contributed by atoms with E-state index in [0.717, 1.165) is 0 Å². The third kappa shape index (κ3) is 4.42. The van der Waals surface area contributed by atoms with E-state index in [9.17, 15) is 13.2 Å². The molecule has 8 nitrogen and oxygen atoms in total. The van der Waals surface area contributed by atoms with Crippen LogP contribution in [-0.4, -0.2) is 34.8 Å². The molecule has 33 heavy (non-hydrogen) atoms. The van der Waals surface area contributed by atoms with Gasteiger partial charge in [0.1, 0.15) is 5.75 Å². The summed E-state index contributed by atoms with van der Waals surface area (Å²) < 4.78 is 43.9. The van der Waals surface area contributed by atoms with Crippen molar-refractivity contribution >= 4 is 38.9 Å². The number of anilines is 2. The summed E-state index contributed by atoms with van der Waals surface area (Å²) in [6.07, 6.45) is 0. The molecule has 0 bridgehead atoms. The van der Waals surface area contributed by atoms with Gasteiger partial charge in [-0.2, -0.15) is 0 Å². The Balaban J connectivity index is 1.67. The third-order valence-corrected chi connectivity index (χ3v) is 7.21. The minimum absolute atomic E-state index is 0.00743. The number of carbonyl (C=O) groups is 1. The summed E-state index contributed by atoms with van der Waals surface area (Å²) in [6.45, 7) is 2.00. The minimum Gasteiger partial charge on any atom is -0.495 e. The molecule has 1 N–H and O–H groups in total. The molecule has 1 heterocycles. The van der Waals surface area contributed by atoms with Crippen molar-refractivity contribution in [3.8, 4) is 17.2 Å². The van der Waals surface area contributed by atoms with Gasteiger partial charge >= 0.3 is 0 Å². The van der Waals surface area contributed by atoms with Crippen LogP contribution in [0.4, 0.5) is 11.4 Å². The van der Waals surface area contributed by atoms with Crippen LogP contribution in [0.2, 0.25) is 5.02 Å². The number of hydrogen-bond acceptors (Lipinski definition) is 6. The van der Waals surface area contributed by atoms with E-state index < -0.39 is 15.9 Å². The van der Waals surface area contributed by atoms with Gasteiger partial charge in [0.15, 0.2) is 11.5 Å². The maximum Gasteiger partial charge on any atom is 0.264 e. The molecule has 1 aliphatic rings. The van der Waals surface area contributed by atoms with Crippen molar-refractivity contribution in [3.63, 3.8) is 0 Å². The van der Waals surface area contributed by atoms with Crippen LogP contribution in [0, 0.1) is 0 Å². The molecule has 0 aliphatic carbocycles. The summed E-state index contributed by atoms with van der Waals surface area (Å²) in [7, 11) is -2.47. The van der Waals surface area contributed by atoms with Crippen molar-refractivity contribution in [1.82, 2.24) is 0 Å². The molecule has 3 aromatic carbocycles. The smallest absolute Gasteiger partial charge is 0.264 e. The van der Waals surface area contributed by atoms with Crippen LogP contribution in [-0.2, 0) is 10.0 Å². The molecule has 0 atom stereocenters. The molecule has 0 aromatic heterocycles. The van der Waals surface area contributed by atoms with E-state index >= 15 is 0 Å². The molecular formula is C23H21ClN2O6S. The lowest BCUT2D eigenvalue weighted by Gasteiger charge is -2.23. The van der Waals surface area contributed by atoms with E-state index in [2.05, 4.69) is 5.32 Å². The Labute approximate surface area is 196 Å². The Morgan fingerprint density at radius 1 is 1.12 bits per heavy atom. The molecule has 4 rings (SSSR count). The first kappa shape index (κ1) is 22.8. The van der Waals surface area contributed by atoms with E-state index in [1.807, 2.05) is 6.07 Å². The van der Waals surface area contributed by atoms with E-state index in [-0.39, 0.29) is 34.5 Å². The zero-order valence-corrected chi connectivity index (χ0v) is 19.4. The molecule has 0 fully saturated rings. The highest BCUT2D eigenvalue weighted by molar-refractivity contribution is 7.92. The SMILES string of the molecule is CCN(c1ccccc1)S(=O)(=O)c1ccc(OC)c(NC(=O)c2cc(Cl)c3c(c2)OCO3)c1. The summed E-state index contributed by atoms with van der Waals surface area (Å²) in [6, 6.07) is 16.0. The monoisotopic (exact) mass is 488 g/mol. The van der Waals surface area contributed by atoms with Gasteiger partial charge in [0.25, 0.3) is 15.9 Å². The van der Waals surface area contributed by atoms with Gasteiger partial charge in [0, 0.05) is 12.1 Å². The van der Waals surface area contributed by atoms with Gasteiger partial charge in [-0.05, 0) is 49.4 Å². The van der Waals surface area contributed by atoms with Crippen LogP contribution >= 0.6 is 11.6 Å². The maximum atomic E-state index is 13.4. The topological polar surface area (TPSA) is 94.2 Å². The molecule has 0 saturated heterocycles. The molecule has 1 aliphatic heterocycles. The van der Waals surface area contributed by atoms with Crippen molar-refractivity contribution < 1.29 is 27.4 Å². The number of ether oxygens (including phenoxy) is 3. The largest absolute Gasteiger partial charge is 0.495 e. The molecule has 0 spiro atoms. The average Bonchev–Trinajstić information content (AvgIpc) is 3.29. The summed E-state index contributed by atoms with van der Waals surface area (Å²) in [4.78, 5) is 12.9. The third-order valence-electron chi connectivity index (χ3n) is 5.03. The second-order valence-corrected chi connectivity index (χ2v) is 9.28. The molecule has 1 amide bonds. The van der Waals surface area contributed by atoms with Crippen molar-refractivity contribution in [2.45, 2.75) is 11.8 Å². The average molecular weight is 489 g/mol. The number of hydrogen-bond donors (Lipinski definition) is 1. The molecule has 3 aromatic rings. The number of rotatable bonds is 7. The van der Waals surface area contributed by atoms with Crippen LogP contribution in [0.3, 0.4) is 0 Å². The van der Waals surface area contributed by atoms with Crippen molar-refractivity contribution in [2.24, 2.45) is 0 Å². The fraction of sp³-hybridized carbons (Fsp3) is 0.174. The number of fused-ring (bicyclic) bond motifs is 1. The first-order valence-electron chi connectivity index (χ1n) is 10.0. The lowest BCUT2D eigenvalue weighted by Crippen LogP contribution is -2.30. The van der Waals surface area contributed by atoms with Gasteiger partial charge in [-0.25, -0.2) is 8.42 Å². The fourth-order valence-corrected chi connectivity index (χ4v) is 5.22. The number of para-hydroxylation sites is 1. The highest BCUT2D eigenvalue weighted by atomic mass is 35.5. The highest BCUT2D eigenvalue weighted by Crippen LogP contribution is 2.40. The zero-order valence-electron chi connectivity index (χ0n) is 17.9. The maximum absolute atomic E-state index is 13.4. The predicted octanol–water partition coefficient (Wildman–Crippen LogP) is 4.54. The summed E-state index contributed by atoms with van der Waals surface area (Å²) in [5.41, 5.74) is 0.955. The Morgan fingerprint density at radius 3 is 2.58 bits per heavy atom.